The van der Waals surface area contributed by atoms with Crippen molar-refractivity contribution in [1.29, 1.82) is 0 Å². The van der Waals surface area contributed by atoms with Crippen molar-refractivity contribution in [3.8, 4) is 0 Å². The minimum atomic E-state index is -0.111. The summed E-state index contributed by atoms with van der Waals surface area (Å²) in [5.41, 5.74) is 0.621. The number of hydrogen-bond donors (Lipinski definition) is 1. The second-order valence-corrected chi connectivity index (χ2v) is 6.02. The molecular weight excluding hydrogens is 266 g/mol. The Balaban J connectivity index is 1.68. The van der Waals surface area contributed by atoms with Gasteiger partial charge >= 0.3 is 0 Å². The molecule has 2 heterocycles. The molecule has 0 saturated carbocycles. The van der Waals surface area contributed by atoms with Crippen molar-refractivity contribution in [3.63, 3.8) is 0 Å². The molecule has 2 aliphatic rings. The molecule has 1 fully saturated rings. The molecule has 1 aromatic heterocycles. The lowest BCUT2D eigenvalue weighted by atomic mass is 9.93. The van der Waals surface area contributed by atoms with E-state index >= 15 is 0 Å². The van der Waals surface area contributed by atoms with Crippen LogP contribution in [0.1, 0.15) is 43.1 Å². The van der Waals surface area contributed by atoms with Gasteiger partial charge in [-0.25, -0.2) is 4.98 Å². The first-order valence-corrected chi connectivity index (χ1v) is 7.65. The molecule has 1 amide bonds. The van der Waals surface area contributed by atoms with E-state index in [0.717, 1.165) is 43.7 Å². The van der Waals surface area contributed by atoms with Crippen molar-refractivity contribution < 1.29 is 4.79 Å². The summed E-state index contributed by atoms with van der Waals surface area (Å²) in [5, 5.41) is 0. The number of hydrogen-bond acceptors (Lipinski definition) is 3. The SMILES string of the molecule is Cc1cc(=O)[nH]c([C@H]2CCN(C(=O)[C@H]3CC=CCC3)C2)n1. The second-order valence-electron chi connectivity index (χ2n) is 6.02. The van der Waals surface area contributed by atoms with E-state index in [9.17, 15) is 9.59 Å². The van der Waals surface area contributed by atoms with Gasteiger partial charge in [-0.1, -0.05) is 12.2 Å². The van der Waals surface area contributed by atoms with Crippen LogP contribution in [-0.4, -0.2) is 33.9 Å². The lowest BCUT2D eigenvalue weighted by molar-refractivity contribution is -0.134. The molecule has 21 heavy (non-hydrogen) atoms. The van der Waals surface area contributed by atoms with Crippen LogP contribution in [-0.2, 0) is 4.79 Å². The van der Waals surface area contributed by atoms with E-state index in [-0.39, 0.29) is 23.3 Å². The Kier molecular flexibility index (Phi) is 3.90. The summed E-state index contributed by atoms with van der Waals surface area (Å²) in [7, 11) is 0. The van der Waals surface area contributed by atoms with Gasteiger partial charge in [0, 0.05) is 36.7 Å². The van der Waals surface area contributed by atoms with Gasteiger partial charge in [-0.15, -0.1) is 0 Å². The van der Waals surface area contributed by atoms with Crippen molar-refractivity contribution in [2.45, 2.75) is 38.5 Å². The number of nitrogens with one attached hydrogen (secondary N) is 1. The van der Waals surface area contributed by atoms with Crippen LogP contribution in [0.4, 0.5) is 0 Å². The highest BCUT2D eigenvalue weighted by atomic mass is 16.2. The molecule has 0 unspecified atom stereocenters. The van der Waals surface area contributed by atoms with Crippen molar-refractivity contribution in [3.05, 3.63) is 40.1 Å². The Hall–Kier alpha value is -1.91. The van der Waals surface area contributed by atoms with Gasteiger partial charge < -0.3 is 9.88 Å². The summed E-state index contributed by atoms with van der Waals surface area (Å²) in [6, 6.07) is 1.50. The van der Waals surface area contributed by atoms with Crippen LogP contribution in [0.5, 0.6) is 0 Å². The summed E-state index contributed by atoms with van der Waals surface area (Å²) in [6.07, 6.45) is 7.95. The Bertz CT molecular complexity index is 620. The number of allylic oxidation sites excluding steroid dienone is 2. The molecule has 0 spiro atoms. The fraction of sp³-hybridized carbons (Fsp3) is 0.562. The van der Waals surface area contributed by atoms with Gasteiger partial charge in [0.15, 0.2) is 0 Å². The predicted molar refractivity (Wildman–Crippen MR) is 80.0 cm³/mol. The molecular formula is C16H21N3O2. The molecule has 1 saturated heterocycles. The summed E-state index contributed by atoms with van der Waals surface area (Å²) in [6.45, 7) is 3.26. The number of aryl methyl sites for hydroxylation is 1. The Morgan fingerprint density at radius 2 is 2.24 bits per heavy atom. The average Bonchev–Trinajstić information content (AvgIpc) is 2.96. The molecule has 1 aromatic rings. The Morgan fingerprint density at radius 3 is 2.95 bits per heavy atom. The zero-order chi connectivity index (χ0) is 14.8. The first-order chi connectivity index (χ1) is 10.1. The van der Waals surface area contributed by atoms with E-state index in [1.807, 2.05) is 11.8 Å². The number of rotatable bonds is 2. The van der Waals surface area contributed by atoms with Gasteiger partial charge in [-0.3, -0.25) is 9.59 Å². The van der Waals surface area contributed by atoms with Crippen LogP contribution < -0.4 is 5.56 Å². The summed E-state index contributed by atoms with van der Waals surface area (Å²) in [5.74, 6) is 1.27. The van der Waals surface area contributed by atoms with E-state index < -0.39 is 0 Å². The summed E-state index contributed by atoms with van der Waals surface area (Å²) >= 11 is 0. The molecule has 1 N–H and O–H groups in total. The van der Waals surface area contributed by atoms with Gasteiger partial charge in [-0.2, -0.15) is 0 Å². The average molecular weight is 287 g/mol. The van der Waals surface area contributed by atoms with Crippen molar-refractivity contribution in [1.82, 2.24) is 14.9 Å². The zero-order valence-electron chi connectivity index (χ0n) is 12.3. The van der Waals surface area contributed by atoms with Crippen molar-refractivity contribution in [2.75, 3.05) is 13.1 Å². The molecule has 3 rings (SSSR count). The highest BCUT2D eigenvalue weighted by Gasteiger charge is 2.32. The van der Waals surface area contributed by atoms with Gasteiger partial charge in [0.1, 0.15) is 5.82 Å². The molecule has 0 bridgehead atoms. The van der Waals surface area contributed by atoms with Crippen molar-refractivity contribution in [2.24, 2.45) is 5.92 Å². The smallest absolute Gasteiger partial charge is 0.251 e. The fourth-order valence-electron chi connectivity index (χ4n) is 3.26. The lowest BCUT2D eigenvalue weighted by Gasteiger charge is -2.24. The molecule has 1 aliphatic carbocycles. The lowest BCUT2D eigenvalue weighted by Crippen LogP contribution is -2.34. The monoisotopic (exact) mass is 287 g/mol. The Morgan fingerprint density at radius 1 is 1.38 bits per heavy atom. The number of H-pyrrole nitrogens is 1. The minimum absolute atomic E-state index is 0.111. The molecule has 0 radical (unpaired) electrons. The molecule has 112 valence electrons. The largest absolute Gasteiger partial charge is 0.342 e. The first kappa shape index (κ1) is 14.0. The normalized spacial score (nSPS) is 25.3. The maximum atomic E-state index is 12.5. The number of carbonyl (C=O) groups is 1. The highest BCUT2D eigenvalue weighted by molar-refractivity contribution is 5.79. The topological polar surface area (TPSA) is 66.1 Å². The van der Waals surface area contributed by atoms with Gasteiger partial charge in [0.05, 0.1) is 0 Å². The summed E-state index contributed by atoms with van der Waals surface area (Å²) in [4.78, 5) is 33.2. The van der Waals surface area contributed by atoms with Crippen LogP contribution >= 0.6 is 0 Å². The third kappa shape index (κ3) is 3.06. The van der Waals surface area contributed by atoms with Crippen LogP contribution in [0.25, 0.3) is 0 Å². The number of aromatic nitrogens is 2. The third-order valence-corrected chi connectivity index (χ3v) is 4.39. The molecule has 5 nitrogen and oxygen atoms in total. The number of carbonyl (C=O) groups excluding carboxylic acids is 1. The fourth-order valence-corrected chi connectivity index (χ4v) is 3.26. The van der Waals surface area contributed by atoms with Crippen LogP contribution in [0, 0.1) is 12.8 Å². The van der Waals surface area contributed by atoms with Gasteiger partial charge in [0.2, 0.25) is 5.91 Å². The number of likely N-dealkylation sites (tertiary alicyclic amines) is 1. The number of nitrogens with zero attached hydrogens (tertiary/aromatic N) is 2. The quantitative estimate of drug-likeness (QED) is 0.843. The molecule has 1 aliphatic heterocycles. The third-order valence-electron chi connectivity index (χ3n) is 4.39. The number of aromatic amines is 1. The first-order valence-electron chi connectivity index (χ1n) is 7.65. The van der Waals surface area contributed by atoms with Crippen molar-refractivity contribution >= 4 is 5.91 Å². The highest BCUT2D eigenvalue weighted by Crippen LogP contribution is 2.28. The van der Waals surface area contributed by atoms with Gasteiger partial charge in [0.25, 0.3) is 5.56 Å². The van der Waals surface area contributed by atoms with Crippen LogP contribution in [0.2, 0.25) is 0 Å². The second kappa shape index (κ2) is 5.84. The van der Waals surface area contributed by atoms with Crippen LogP contribution in [0.3, 0.4) is 0 Å². The molecule has 0 aromatic carbocycles. The van der Waals surface area contributed by atoms with E-state index in [1.165, 1.54) is 6.07 Å². The maximum absolute atomic E-state index is 12.5. The van der Waals surface area contributed by atoms with Gasteiger partial charge in [-0.05, 0) is 32.6 Å². The van der Waals surface area contributed by atoms with E-state index in [0.29, 0.717) is 6.54 Å². The Labute approximate surface area is 124 Å². The van der Waals surface area contributed by atoms with Crippen LogP contribution in [0.15, 0.2) is 23.0 Å². The summed E-state index contributed by atoms with van der Waals surface area (Å²) < 4.78 is 0. The zero-order valence-corrected chi connectivity index (χ0v) is 12.3. The molecule has 2 atom stereocenters. The molecule has 5 heteroatoms. The standard InChI is InChI=1S/C16H21N3O2/c1-11-9-14(20)18-15(17-11)13-7-8-19(10-13)16(21)12-5-3-2-4-6-12/h2-3,9,12-13H,4-8,10H2,1H3,(H,17,18,20)/t12-,13-/m0/s1. The number of amides is 1. The maximum Gasteiger partial charge on any atom is 0.251 e. The van der Waals surface area contributed by atoms with E-state index in [1.54, 1.807) is 0 Å². The minimum Gasteiger partial charge on any atom is -0.342 e. The van der Waals surface area contributed by atoms with E-state index in [2.05, 4.69) is 22.1 Å². The predicted octanol–water partition coefficient (Wildman–Crippen LogP) is 1.75. The van der Waals surface area contributed by atoms with E-state index in [4.69, 9.17) is 0 Å².